The highest BCUT2D eigenvalue weighted by molar-refractivity contribution is 5.96. The van der Waals surface area contributed by atoms with Gasteiger partial charge in [-0.1, -0.05) is 60.7 Å². The Bertz CT molecular complexity index is 1100. The van der Waals surface area contributed by atoms with Crippen LogP contribution in [0.15, 0.2) is 79.1 Å². The lowest BCUT2D eigenvalue weighted by molar-refractivity contribution is -0.663. The summed E-state index contributed by atoms with van der Waals surface area (Å²) in [4.78, 5) is 12.7. The first-order valence-electron chi connectivity index (χ1n) is 9.23. The van der Waals surface area contributed by atoms with E-state index in [0.29, 0.717) is 6.54 Å². The standard InChI is InChI=1S/C24H23N2O.BrH/c1-18-13-22-23(14-19(18)2)26(16-24(27)21-11-7-4-8-12-21)17-25(22)15-20-9-5-3-6-10-20;/h3-14,17H,15-16H2,1-2H3;1H/q+1;/p-1. The fourth-order valence-electron chi connectivity index (χ4n) is 3.44. The normalized spacial score (nSPS) is 10.6. The number of halogens is 1. The number of nitrogens with zero attached hydrogens (tertiary/aromatic N) is 2. The van der Waals surface area contributed by atoms with E-state index in [-0.39, 0.29) is 22.8 Å². The summed E-state index contributed by atoms with van der Waals surface area (Å²) in [5, 5.41) is 0. The van der Waals surface area contributed by atoms with Crippen LogP contribution in [0.4, 0.5) is 0 Å². The van der Waals surface area contributed by atoms with E-state index in [4.69, 9.17) is 0 Å². The Morgan fingerprint density at radius 2 is 1.50 bits per heavy atom. The summed E-state index contributed by atoms with van der Waals surface area (Å²) in [5.41, 5.74) is 6.74. The predicted molar refractivity (Wildman–Crippen MR) is 108 cm³/mol. The van der Waals surface area contributed by atoms with Gasteiger partial charge in [0, 0.05) is 5.56 Å². The Balaban J connectivity index is 0.00000225. The van der Waals surface area contributed by atoms with Crippen LogP contribution in [0.1, 0.15) is 27.0 Å². The van der Waals surface area contributed by atoms with Crippen molar-refractivity contribution in [3.8, 4) is 0 Å². The van der Waals surface area contributed by atoms with Crippen LogP contribution in [0.5, 0.6) is 0 Å². The van der Waals surface area contributed by atoms with Crippen molar-refractivity contribution in [1.82, 2.24) is 4.57 Å². The Kier molecular flexibility index (Phi) is 6.10. The number of aromatic nitrogens is 2. The van der Waals surface area contributed by atoms with Gasteiger partial charge in [0.05, 0.1) is 0 Å². The van der Waals surface area contributed by atoms with E-state index < -0.39 is 0 Å². The number of hydrogen-bond donors (Lipinski definition) is 0. The van der Waals surface area contributed by atoms with Crippen molar-refractivity contribution in [2.24, 2.45) is 0 Å². The van der Waals surface area contributed by atoms with Gasteiger partial charge in [-0.25, -0.2) is 9.13 Å². The Morgan fingerprint density at radius 3 is 2.18 bits per heavy atom. The number of carbonyl (C=O) groups excluding carboxylic acids is 1. The third-order valence-corrected chi connectivity index (χ3v) is 5.09. The zero-order valence-electron chi connectivity index (χ0n) is 16.1. The van der Waals surface area contributed by atoms with Gasteiger partial charge in [0.1, 0.15) is 6.54 Å². The second-order valence-corrected chi connectivity index (χ2v) is 7.07. The van der Waals surface area contributed by atoms with Gasteiger partial charge in [-0.3, -0.25) is 4.79 Å². The van der Waals surface area contributed by atoms with Crippen LogP contribution in [0.25, 0.3) is 11.0 Å². The number of fused-ring (bicyclic) bond motifs is 1. The minimum atomic E-state index is 0. The van der Waals surface area contributed by atoms with Crippen molar-refractivity contribution in [1.29, 1.82) is 0 Å². The van der Waals surface area contributed by atoms with Gasteiger partial charge in [-0.2, -0.15) is 0 Å². The smallest absolute Gasteiger partial charge is 0.245 e. The summed E-state index contributed by atoms with van der Waals surface area (Å²) in [5.74, 6) is 0.123. The van der Waals surface area contributed by atoms with Gasteiger partial charge >= 0.3 is 0 Å². The van der Waals surface area contributed by atoms with E-state index in [2.05, 4.69) is 65.7 Å². The Labute approximate surface area is 176 Å². The average Bonchev–Trinajstić information content (AvgIpc) is 3.00. The van der Waals surface area contributed by atoms with Crippen molar-refractivity contribution in [2.75, 3.05) is 0 Å². The van der Waals surface area contributed by atoms with E-state index in [1.165, 1.54) is 16.7 Å². The lowest BCUT2D eigenvalue weighted by atomic mass is 10.1. The third kappa shape index (κ3) is 4.07. The molecule has 4 heteroatoms. The predicted octanol–water partition coefficient (Wildman–Crippen LogP) is 1.48. The second-order valence-electron chi connectivity index (χ2n) is 7.07. The van der Waals surface area contributed by atoms with Crippen LogP contribution in [0.3, 0.4) is 0 Å². The SMILES string of the molecule is Cc1cc2c(cc1C)[n+](Cc1ccccc1)cn2CC(=O)c1ccccc1.[Br-]. The molecule has 0 saturated heterocycles. The molecule has 3 aromatic carbocycles. The lowest BCUT2D eigenvalue weighted by Gasteiger charge is -2.01. The summed E-state index contributed by atoms with van der Waals surface area (Å²) < 4.78 is 4.30. The van der Waals surface area contributed by atoms with Gasteiger partial charge in [-0.15, -0.1) is 0 Å². The number of hydrogen-bond acceptors (Lipinski definition) is 1. The van der Waals surface area contributed by atoms with Crippen LogP contribution in [0.2, 0.25) is 0 Å². The fourth-order valence-corrected chi connectivity index (χ4v) is 3.44. The molecule has 0 fully saturated rings. The molecule has 0 radical (unpaired) electrons. The minimum absolute atomic E-state index is 0. The van der Waals surface area contributed by atoms with Gasteiger partial charge in [0.15, 0.2) is 17.6 Å². The van der Waals surface area contributed by atoms with E-state index in [9.17, 15) is 4.79 Å². The fraction of sp³-hybridized carbons (Fsp3) is 0.167. The molecule has 0 atom stereocenters. The number of rotatable bonds is 5. The first-order valence-corrected chi connectivity index (χ1v) is 9.23. The molecular weight excluding hydrogens is 412 g/mol. The molecule has 142 valence electrons. The maximum atomic E-state index is 12.7. The van der Waals surface area contributed by atoms with Crippen molar-refractivity contribution in [3.63, 3.8) is 0 Å². The molecule has 28 heavy (non-hydrogen) atoms. The first-order chi connectivity index (χ1) is 13.1. The van der Waals surface area contributed by atoms with Gasteiger partial charge in [-0.05, 0) is 42.7 Å². The molecule has 0 saturated carbocycles. The molecule has 4 aromatic rings. The van der Waals surface area contributed by atoms with Crippen LogP contribution >= 0.6 is 0 Å². The summed E-state index contributed by atoms with van der Waals surface area (Å²) in [6, 6.07) is 24.3. The number of benzene rings is 3. The highest BCUT2D eigenvalue weighted by Crippen LogP contribution is 2.19. The highest BCUT2D eigenvalue weighted by Gasteiger charge is 2.20. The molecule has 0 bridgehead atoms. The van der Waals surface area contributed by atoms with E-state index in [1.807, 2.05) is 36.4 Å². The number of imidazole rings is 1. The van der Waals surface area contributed by atoms with E-state index in [0.717, 1.165) is 23.1 Å². The molecular formula is C24H23BrN2O. The first kappa shape index (κ1) is 20.0. The lowest BCUT2D eigenvalue weighted by Crippen LogP contribution is -3.00. The van der Waals surface area contributed by atoms with E-state index >= 15 is 0 Å². The Morgan fingerprint density at radius 1 is 0.893 bits per heavy atom. The van der Waals surface area contributed by atoms with Crippen molar-refractivity contribution in [2.45, 2.75) is 26.9 Å². The number of Topliss-reactive ketones (excluding diaryl/α,β-unsaturated/α-hetero) is 1. The average molecular weight is 435 g/mol. The summed E-state index contributed by atoms with van der Waals surface area (Å²) in [7, 11) is 0. The van der Waals surface area contributed by atoms with Gasteiger partial charge in [0.25, 0.3) is 0 Å². The Hall–Kier alpha value is -2.72. The molecule has 0 amide bonds. The maximum absolute atomic E-state index is 12.7. The van der Waals surface area contributed by atoms with Crippen molar-refractivity contribution in [3.05, 3.63) is 101 Å². The maximum Gasteiger partial charge on any atom is 0.245 e. The largest absolute Gasteiger partial charge is 1.00 e. The molecule has 0 aliphatic heterocycles. The highest BCUT2D eigenvalue weighted by atomic mass is 79.9. The quantitative estimate of drug-likeness (QED) is 0.345. The monoisotopic (exact) mass is 434 g/mol. The molecule has 4 rings (SSSR count). The summed E-state index contributed by atoms with van der Waals surface area (Å²) in [6.07, 6.45) is 2.07. The molecule has 0 N–H and O–H groups in total. The molecule has 1 heterocycles. The molecule has 1 aromatic heterocycles. The van der Waals surface area contributed by atoms with Crippen molar-refractivity contribution < 1.29 is 26.3 Å². The van der Waals surface area contributed by atoms with Crippen LogP contribution in [-0.4, -0.2) is 10.4 Å². The summed E-state index contributed by atoms with van der Waals surface area (Å²) >= 11 is 0. The number of aryl methyl sites for hydroxylation is 2. The zero-order valence-corrected chi connectivity index (χ0v) is 17.7. The molecule has 3 nitrogen and oxygen atoms in total. The van der Waals surface area contributed by atoms with Gasteiger partial charge in [0.2, 0.25) is 12.1 Å². The van der Waals surface area contributed by atoms with Crippen LogP contribution in [0, 0.1) is 13.8 Å². The zero-order chi connectivity index (χ0) is 18.8. The molecule has 0 aliphatic rings. The van der Waals surface area contributed by atoms with Crippen LogP contribution in [-0.2, 0) is 13.1 Å². The van der Waals surface area contributed by atoms with E-state index in [1.54, 1.807) is 0 Å². The van der Waals surface area contributed by atoms with Crippen LogP contribution < -0.4 is 21.5 Å². The topological polar surface area (TPSA) is 25.9 Å². The van der Waals surface area contributed by atoms with Crippen molar-refractivity contribution >= 4 is 16.8 Å². The molecule has 0 unspecified atom stereocenters. The molecule has 0 spiro atoms. The number of ketones is 1. The van der Waals surface area contributed by atoms with Gasteiger partial charge < -0.3 is 17.0 Å². The number of carbonyl (C=O) groups is 1. The summed E-state index contributed by atoms with van der Waals surface area (Å²) in [6.45, 7) is 5.37. The third-order valence-electron chi connectivity index (χ3n) is 5.09. The minimum Gasteiger partial charge on any atom is -1.00 e. The second kappa shape index (κ2) is 8.53. The molecule has 0 aliphatic carbocycles.